The zero-order chi connectivity index (χ0) is 13.2. The maximum Gasteiger partial charge on any atom is 0.136 e. The standard InChI is InChI=1S/C14H15N3OS/c15-13(19)11-6-10-2-1-3-12(10)17-14(11)16-7-9-4-5-18-8-9/h4-6,8H,1-3,7H2,(H2,15,19)(H,16,17). The highest BCUT2D eigenvalue weighted by atomic mass is 32.1. The fourth-order valence-corrected chi connectivity index (χ4v) is 2.53. The zero-order valence-electron chi connectivity index (χ0n) is 10.5. The largest absolute Gasteiger partial charge is 0.472 e. The SMILES string of the molecule is NC(=S)c1cc2c(nc1NCc1ccoc1)CCC2. The van der Waals surface area contributed by atoms with Crippen molar-refractivity contribution in [2.45, 2.75) is 25.8 Å². The molecule has 0 bridgehead atoms. The van der Waals surface area contributed by atoms with E-state index in [0.717, 1.165) is 41.9 Å². The third-order valence-corrected chi connectivity index (χ3v) is 3.58. The molecule has 4 nitrogen and oxygen atoms in total. The minimum Gasteiger partial charge on any atom is -0.472 e. The topological polar surface area (TPSA) is 64.1 Å². The zero-order valence-corrected chi connectivity index (χ0v) is 11.3. The number of nitrogens with one attached hydrogen (secondary N) is 1. The van der Waals surface area contributed by atoms with E-state index in [2.05, 4.69) is 16.4 Å². The molecule has 0 saturated carbocycles. The average Bonchev–Trinajstić information content (AvgIpc) is 3.05. The first-order valence-electron chi connectivity index (χ1n) is 6.31. The van der Waals surface area contributed by atoms with Crippen molar-refractivity contribution in [2.24, 2.45) is 5.73 Å². The van der Waals surface area contributed by atoms with Gasteiger partial charge in [0.2, 0.25) is 0 Å². The van der Waals surface area contributed by atoms with Gasteiger partial charge in [-0.25, -0.2) is 4.98 Å². The Labute approximate surface area is 117 Å². The van der Waals surface area contributed by atoms with Gasteiger partial charge in [-0.15, -0.1) is 0 Å². The Hall–Kier alpha value is -1.88. The monoisotopic (exact) mass is 273 g/mol. The van der Waals surface area contributed by atoms with Crippen LogP contribution < -0.4 is 11.1 Å². The van der Waals surface area contributed by atoms with E-state index in [4.69, 9.17) is 22.4 Å². The molecule has 98 valence electrons. The van der Waals surface area contributed by atoms with E-state index < -0.39 is 0 Å². The van der Waals surface area contributed by atoms with E-state index in [-0.39, 0.29) is 0 Å². The summed E-state index contributed by atoms with van der Waals surface area (Å²) in [5, 5.41) is 3.29. The van der Waals surface area contributed by atoms with Crippen molar-refractivity contribution in [3.63, 3.8) is 0 Å². The van der Waals surface area contributed by atoms with Crippen LogP contribution in [0.15, 0.2) is 29.1 Å². The predicted molar refractivity (Wildman–Crippen MR) is 78.2 cm³/mol. The smallest absolute Gasteiger partial charge is 0.136 e. The molecular formula is C14H15N3OS. The van der Waals surface area contributed by atoms with Gasteiger partial charge in [0.05, 0.1) is 18.1 Å². The molecule has 0 fully saturated rings. The summed E-state index contributed by atoms with van der Waals surface area (Å²) in [5.41, 5.74) is 10.1. The van der Waals surface area contributed by atoms with Crippen LogP contribution in [0.5, 0.6) is 0 Å². The summed E-state index contributed by atoms with van der Waals surface area (Å²) < 4.78 is 5.04. The molecule has 2 aromatic heterocycles. The molecule has 1 aliphatic carbocycles. The first-order chi connectivity index (χ1) is 9.24. The van der Waals surface area contributed by atoms with E-state index in [0.29, 0.717) is 11.5 Å². The van der Waals surface area contributed by atoms with Gasteiger partial charge in [0.25, 0.3) is 0 Å². The number of fused-ring (bicyclic) bond motifs is 1. The molecule has 0 saturated heterocycles. The summed E-state index contributed by atoms with van der Waals surface area (Å²) in [6, 6.07) is 4.00. The summed E-state index contributed by atoms with van der Waals surface area (Å²) in [6.45, 7) is 0.651. The van der Waals surface area contributed by atoms with Gasteiger partial charge >= 0.3 is 0 Å². The van der Waals surface area contributed by atoms with Gasteiger partial charge in [0, 0.05) is 17.8 Å². The molecular weight excluding hydrogens is 258 g/mol. The third-order valence-electron chi connectivity index (χ3n) is 3.36. The Morgan fingerprint density at radius 2 is 2.37 bits per heavy atom. The molecule has 0 aromatic carbocycles. The Kier molecular flexibility index (Phi) is 3.21. The van der Waals surface area contributed by atoms with Crippen LogP contribution in [-0.2, 0) is 19.4 Å². The van der Waals surface area contributed by atoms with Crippen molar-refractivity contribution < 1.29 is 4.42 Å². The van der Waals surface area contributed by atoms with Gasteiger partial charge in [0.15, 0.2) is 0 Å². The van der Waals surface area contributed by atoms with Crippen LogP contribution in [0.4, 0.5) is 5.82 Å². The summed E-state index contributed by atoms with van der Waals surface area (Å²) in [5.74, 6) is 0.773. The highest BCUT2D eigenvalue weighted by Gasteiger charge is 2.17. The van der Waals surface area contributed by atoms with Crippen molar-refractivity contribution in [3.05, 3.63) is 47.0 Å². The lowest BCUT2D eigenvalue weighted by atomic mass is 10.1. The number of hydrogen-bond donors (Lipinski definition) is 2. The summed E-state index contributed by atoms with van der Waals surface area (Å²) >= 11 is 5.11. The Morgan fingerprint density at radius 3 is 3.11 bits per heavy atom. The number of furan rings is 1. The molecule has 5 heteroatoms. The van der Waals surface area contributed by atoms with Gasteiger partial charge in [-0.3, -0.25) is 0 Å². The van der Waals surface area contributed by atoms with Crippen LogP contribution in [-0.4, -0.2) is 9.97 Å². The molecule has 0 atom stereocenters. The minimum atomic E-state index is 0.386. The van der Waals surface area contributed by atoms with Crippen molar-refractivity contribution in [3.8, 4) is 0 Å². The first-order valence-corrected chi connectivity index (χ1v) is 6.72. The van der Waals surface area contributed by atoms with Crippen LogP contribution in [0.2, 0.25) is 0 Å². The number of anilines is 1. The lowest BCUT2D eigenvalue weighted by Crippen LogP contribution is -2.15. The number of rotatable bonds is 4. The van der Waals surface area contributed by atoms with Gasteiger partial charge in [0.1, 0.15) is 10.8 Å². The van der Waals surface area contributed by atoms with E-state index >= 15 is 0 Å². The molecule has 3 rings (SSSR count). The second-order valence-electron chi connectivity index (χ2n) is 4.69. The lowest BCUT2D eigenvalue weighted by molar-refractivity contribution is 0.564. The number of aromatic nitrogens is 1. The average molecular weight is 273 g/mol. The summed E-state index contributed by atoms with van der Waals surface area (Å²) in [7, 11) is 0. The molecule has 0 unspecified atom stereocenters. The number of nitrogens with two attached hydrogens (primary N) is 1. The maximum absolute atomic E-state index is 5.79. The second-order valence-corrected chi connectivity index (χ2v) is 5.13. The van der Waals surface area contributed by atoms with E-state index in [1.807, 2.05) is 6.07 Å². The molecule has 0 aliphatic heterocycles. The molecule has 2 heterocycles. The molecule has 3 N–H and O–H groups in total. The number of pyridine rings is 1. The van der Waals surface area contributed by atoms with E-state index in [1.54, 1.807) is 12.5 Å². The number of thiocarbonyl (C=S) groups is 1. The minimum absolute atomic E-state index is 0.386. The molecule has 1 aliphatic rings. The number of aryl methyl sites for hydroxylation is 2. The van der Waals surface area contributed by atoms with Crippen LogP contribution in [0.1, 0.15) is 28.8 Å². The van der Waals surface area contributed by atoms with Gasteiger partial charge in [-0.1, -0.05) is 12.2 Å². The van der Waals surface area contributed by atoms with Crippen LogP contribution in [0.25, 0.3) is 0 Å². The quantitative estimate of drug-likeness (QED) is 0.838. The Morgan fingerprint density at radius 1 is 1.47 bits per heavy atom. The van der Waals surface area contributed by atoms with Crippen LogP contribution in [0, 0.1) is 0 Å². The molecule has 2 aromatic rings. The molecule has 0 spiro atoms. The number of nitrogens with zero attached hydrogens (tertiary/aromatic N) is 1. The van der Waals surface area contributed by atoms with Crippen molar-refractivity contribution in [1.82, 2.24) is 4.98 Å². The fourth-order valence-electron chi connectivity index (χ4n) is 2.37. The lowest BCUT2D eigenvalue weighted by Gasteiger charge is -2.12. The molecule has 19 heavy (non-hydrogen) atoms. The highest BCUT2D eigenvalue weighted by molar-refractivity contribution is 7.80. The maximum atomic E-state index is 5.79. The normalized spacial score (nSPS) is 13.3. The third kappa shape index (κ3) is 2.46. The summed E-state index contributed by atoms with van der Waals surface area (Å²) in [6.07, 6.45) is 6.63. The van der Waals surface area contributed by atoms with Crippen molar-refractivity contribution in [2.75, 3.05) is 5.32 Å². The van der Waals surface area contributed by atoms with Crippen LogP contribution in [0.3, 0.4) is 0 Å². The Bertz CT molecular complexity index is 607. The molecule has 0 radical (unpaired) electrons. The number of hydrogen-bond acceptors (Lipinski definition) is 4. The van der Waals surface area contributed by atoms with Crippen LogP contribution >= 0.6 is 12.2 Å². The van der Waals surface area contributed by atoms with E-state index in [1.165, 1.54) is 5.56 Å². The predicted octanol–water partition coefficient (Wildman–Crippen LogP) is 2.41. The first kappa shape index (κ1) is 12.2. The van der Waals surface area contributed by atoms with Gasteiger partial charge in [-0.2, -0.15) is 0 Å². The van der Waals surface area contributed by atoms with Crippen molar-refractivity contribution in [1.29, 1.82) is 0 Å². The fraction of sp³-hybridized carbons (Fsp3) is 0.286. The van der Waals surface area contributed by atoms with Gasteiger partial charge < -0.3 is 15.5 Å². The van der Waals surface area contributed by atoms with Crippen molar-refractivity contribution >= 4 is 23.0 Å². The van der Waals surface area contributed by atoms with Gasteiger partial charge in [-0.05, 0) is 37.0 Å². The Balaban J connectivity index is 1.88. The van der Waals surface area contributed by atoms with E-state index in [9.17, 15) is 0 Å². The highest BCUT2D eigenvalue weighted by Crippen LogP contribution is 2.25. The molecule has 0 amide bonds. The summed E-state index contributed by atoms with van der Waals surface area (Å²) in [4.78, 5) is 5.05. The second kappa shape index (κ2) is 5.01.